The molecule has 2 aliphatic rings. The van der Waals surface area contributed by atoms with Gasteiger partial charge in [-0.1, -0.05) is 97.1 Å². The van der Waals surface area contributed by atoms with Crippen molar-refractivity contribution in [1.82, 2.24) is 9.55 Å². The highest BCUT2D eigenvalue weighted by atomic mass is 15.2. The molecule has 3 nitrogen and oxygen atoms in total. The highest BCUT2D eigenvalue weighted by Crippen LogP contribution is 2.52. The Labute approximate surface area is 244 Å². The molecule has 0 unspecified atom stereocenters. The van der Waals surface area contributed by atoms with Crippen LogP contribution in [0.5, 0.6) is 0 Å². The Morgan fingerprint density at radius 2 is 1.40 bits per heavy atom. The van der Waals surface area contributed by atoms with E-state index in [9.17, 15) is 0 Å². The van der Waals surface area contributed by atoms with Gasteiger partial charge in [0.15, 0.2) is 0 Å². The van der Waals surface area contributed by atoms with Crippen LogP contribution < -0.4 is 4.90 Å². The fraction of sp³-hybridized carbons (Fsp3) is 0.0513. The Balaban J connectivity index is 1.44. The average Bonchev–Trinajstić information content (AvgIpc) is 3.34. The summed E-state index contributed by atoms with van der Waals surface area (Å²) in [5, 5.41) is 6.11. The molecule has 0 fully saturated rings. The summed E-state index contributed by atoms with van der Waals surface area (Å²) in [6.45, 7) is 0. The van der Waals surface area contributed by atoms with Crippen molar-refractivity contribution in [2.45, 2.75) is 12.8 Å². The number of para-hydroxylation sites is 2. The van der Waals surface area contributed by atoms with E-state index in [4.69, 9.17) is 4.98 Å². The number of nitrogens with zero attached hydrogens (tertiary/aromatic N) is 3. The molecule has 3 heterocycles. The van der Waals surface area contributed by atoms with Crippen molar-refractivity contribution in [3.8, 4) is 16.9 Å². The Morgan fingerprint density at radius 3 is 2.33 bits per heavy atom. The number of rotatable bonds is 2. The third-order valence-corrected chi connectivity index (χ3v) is 8.82. The second kappa shape index (κ2) is 9.05. The molecule has 2 aromatic heterocycles. The highest BCUT2D eigenvalue weighted by Gasteiger charge is 2.33. The van der Waals surface area contributed by atoms with Crippen LogP contribution in [0, 0.1) is 0 Å². The molecule has 0 saturated carbocycles. The van der Waals surface area contributed by atoms with Gasteiger partial charge >= 0.3 is 0 Å². The Hall–Kier alpha value is -5.41. The maximum atomic E-state index is 5.04. The Kier molecular flexibility index (Phi) is 5.02. The molecule has 9 rings (SSSR count). The van der Waals surface area contributed by atoms with E-state index < -0.39 is 0 Å². The summed E-state index contributed by atoms with van der Waals surface area (Å²) in [6.07, 6.45) is 8.56. The molecular weight excluding hydrogens is 510 g/mol. The summed E-state index contributed by atoms with van der Waals surface area (Å²) in [4.78, 5) is 7.44. The predicted octanol–water partition coefficient (Wildman–Crippen LogP) is 10.2. The standard InChI is InChI=1S/C39H27N3/c1-2-13-28-25-29(22-21-26(28)11-1)41-34-18-8-5-15-31(34)37-32-16-6-9-19-35(32)42(36-20-10-7-17-33(36)38(37)41)39-30-14-4-3-12-27(30)23-24-40-39/h1-5,7-15,17-25H,6,16H2. The molecule has 0 bridgehead atoms. The minimum atomic E-state index is 0.964. The normalized spacial score (nSPS) is 14.2. The number of anilines is 2. The molecule has 42 heavy (non-hydrogen) atoms. The van der Waals surface area contributed by atoms with Gasteiger partial charge in [-0.2, -0.15) is 0 Å². The zero-order chi connectivity index (χ0) is 27.6. The van der Waals surface area contributed by atoms with Crippen molar-refractivity contribution in [3.05, 3.63) is 151 Å². The molecule has 7 aromatic rings. The molecule has 0 amide bonds. The van der Waals surface area contributed by atoms with Crippen LogP contribution in [-0.4, -0.2) is 9.55 Å². The van der Waals surface area contributed by atoms with E-state index in [0.717, 1.165) is 29.7 Å². The zero-order valence-corrected chi connectivity index (χ0v) is 23.0. The number of hydrogen-bond acceptors (Lipinski definition) is 2. The molecule has 0 saturated heterocycles. The lowest BCUT2D eigenvalue weighted by Crippen LogP contribution is -2.19. The topological polar surface area (TPSA) is 21.1 Å². The molecular formula is C39H27N3. The van der Waals surface area contributed by atoms with Gasteiger partial charge in [0.25, 0.3) is 0 Å². The molecule has 0 spiro atoms. The van der Waals surface area contributed by atoms with Crippen LogP contribution in [0.25, 0.3) is 55.0 Å². The summed E-state index contributed by atoms with van der Waals surface area (Å²) in [5.74, 6) is 0.964. The van der Waals surface area contributed by atoms with Crippen LogP contribution in [0.15, 0.2) is 145 Å². The second-order valence-electron chi connectivity index (χ2n) is 11.1. The van der Waals surface area contributed by atoms with Crippen molar-refractivity contribution in [3.63, 3.8) is 0 Å². The van der Waals surface area contributed by atoms with Crippen LogP contribution in [0.3, 0.4) is 0 Å². The number of allylic oxidation sites excluding steroid dienone is 3. The van der Waals surface area contributed by atoms with Crippen molar-refractivity contribution in [1.29, 1.82) is 0 Å². The number of fused-ring (bicyclic) bond motifs is 8. The SMILES string of the molecule is C1=CC2=C(CC1)c1c(n(-c3ccc4ccccc4c3)c3ccccc13)-c1ccccc1N2c1nccc2ccccc12. The summed E-state index contributed by atoms with van der Waals surface area (Å²) in [7, 11) is 0. The van der Waals surface area contributed by atoms with E-state index in [-0.39, 0.29) is 0 Å². The van der Waals surface area contributed by atoms with Gasteiger partial charge in [0.1, 0.15) is 5.82 Å². The molecule has 1 aliphatic carbocycles. The van der Waals surface area contributed by atoms with Gasteiger partial charge in [0.2, 0.25) is 0 Å². The number of aromatic nitrogens is 2. The van der Waals surface area contributed by atoms with Crippen LogP contribution >= 0.6 is 0 Å². The third-order valence-electron chi connectivity index (χ3n) is 8.82. The Morgan fingerprint density at radius 1 is 0.643 bits per heavy atom. The highest BCUT2D eigenvalue weighted by molar-refractivity contribution is 6.09. The van der Waals surface area contributed by atoms with Crippen LogP contribution in [0.1, 0.15) is 18.4 Å². The van der Waals surface area contributed by atoms with Crippen molar-refractivity contribution < 1.29 is 0 Å². The first kappa shape index (κ1) is 23.3. The summed E-state index contributed by atoms with van der Waals surface area (Å²) >= 11 is 0. The first-order valence-corrected chi connectivity index (χ1v) is 14.6. The van der Waals surface area contributed by atoms with E-state index in [1.165, 1.54) is 60.8 Å². The summed E-state index contributed by atoms with van der Waals surface area (Å²) < 4.78 is 2.49. The van der Waals surface area contributed by atoms with Gasteiger partial charge in [-0.25, -0.2) is 4.98 Å². The van der Waals surface area contributed by atoms with Crippen molar-refractivity contribution >= 4 is 49.5 Å². The lowest BCUT2D eigenvalue weighted by Gasteiger charge is -2.29. The van der Waals surface area contributed by atoms with E-state index in [1.807, 2.05) is 6.20 Å². The maximum Gasteiger partial charge on any atom is 0.145 e. The first-order valence-electron chi connectivity index (χ1n) is 14.6. The monoisotopic (exact) mass is 537 g/mol. The van der Waals surface area contributed by atoms with E-state index in [0.29, 0.717) is 0 Å². The minimum absolute atomic E-state index is 0.964. The quantitative estimate of drug-likeness (QED) is 0.219. The fourth-order valence-electron chi connectivity index (χ4n) is 7.01. The number of hydrogen-bond donors (Lipinski definition) is 0. The fourth-order valence-corrected chi connectivity index (χ4v) is 7.01. The second-order valence-corrected chi connectivity index (χ2v) is 11.1. The molecule has 1 aliphatic heterocycles. The number of benzene rings is 5. The lowest BCUT2D eigenvalue weighted by atomic mass is 9.92. The third kappa shape index (κ3) is 3.31. The number of pyridine rings is 1. The molecule has 0 N–H and O–H groups in total. The smallest absolute Gasteiger partial charge is 0.145 e. The van der Waals surface area contributed by atoms with E-state index in [1.54, 1.807) is 0 Å². The molecule has 5 aromatic carbocycles. The summed E-state index contributed by atoms with van der Waals surface area (Å²) in [6, 6.07) is 43.9. The average molecular weight is 538 g/mol. The largest absolute Gasteiger partial charge is 0.309 e. The first-order chi connectivity index (χ1) is 20.9. The van der Waals surface area contributed by atoms with Crippen molar-refractivity contribution in [2.24, 2.45) is 0 Å². The lowest BCUT2D eigenvalue weighted by molar-refractivity contribution is 1.02. The van der Waals surface area contributed by atoms with E-state index >= 15 is 0 Å². The van der Waals surface area contributed by atoms with Crippen molar-refractivity contribution in [2.75, 3.05) is 4.90 Å². The minimum Gasteiger partial charge on any atom is -0.309 e. The van der Waals surface area contributed by atoms with Gasteiger partial charge in [0, 0.05) is 33.8 Å². The van der Waals surface area contributed by atoms with Crippen LogP contribution in [0.4, 0.5) is 11.5 Å². The van der Waals surface area contributed by atoms with Gasteiger partial charge in [-0.05, 0) is 71.0 Å². The zero-order valence-electron chi connectivity index (χ0n) is 23.0. The van der Waals surface area contributed by atoms with Gasteiger partial charge in [-0.15, -0.1) is 0 Å². The van der Waals surface area contributed by atoms with Gasteiger partial charge in [0.05, 0.1) is 22.6 Å². The van der Waals surface area contributed by atoms with Crippen LogP contribution in [0.2, 0.25) is 0 Å². The molecule has 0 atom stereocenters. The molecule has 198 valence electrons. The van der Waals surface area contributed by atoms with Gasteiger partial charge < -0.3 is 4.57 Å². The summed E-state index contributed by atoms with van der Waals surface area (Å²) in [5.41, 5.74) is 9.89. The molecule has 0 radical (unpaired) electrons. The maximum absolute atomic E-state index is 5.04. The van der Waals surface area contributed by atoms with Gasteiger partial charge in [-0.3, -0.25) is 4.90 Å². The van der Waals surface area contributed by atoms with E-state index in [2.05, 4.69) is 143 Å². The molecule has 3 heteroatoms. The Bertz CT molecular complexity index is 2260. The predicted molar refractivity (Wildman–Crippen MR) is 175 cm³/mol. The van der Waals surface area contributed by atoms with Crippen LogP contribution in [-0.2, 0) is 0 Å².